The number of aromatic carboxylic acids is 1. The van der Waals surface area contributed by atoms with Gasteiger partial charge in [-0.15, -0.1) is 0 Å². The number of hydrogen-bond acceptors (Lipinski definition) is 3. The third-order valence-corrected chi connectivity index (χ3v) is 5.82. The van der Waals surface area contributed by atoms with Crippen molar-refractivity contribution in [2.45, 2.75) is 38.7 Å². The lowest BCUT2D eigenvalue weighted by Crippen LogP contribution is -2.45. The van der Waals surface area contributed by atoms with E-state index >= 15 is 0 Å². The highest BCUT2D eigenvalue weighted by Crippen LogP contribution is 2.46. The number of carboxylic acid groups (broad SMARTS) is 1. The van der Waals surface area contributed by atoms with E-state index < -0.39 is 5.97 Å². The molecular weight excluding hydrogens is 340 g/mol. The van der Waals surface area contributed by atoms with Gasteiger partial charge in [0, 0.05) is 0 Å². The van der Waals surface area contributed by atoms with Crippen molar-refractivity contribution in [3.8, 4) is 0 Å². The van der Waals surface area contributed by atoms with E-state index in [0.717, 1.165) is 5.92 Å². The lowest BCUT2D eigenvalue weighted by molar-refractivity contribution is -0.0657. The Kier molecular flexibility index (Phi) is 6.28. The van der Waals surface area contributed by atoms with Crippen LogP contribution in [0.1, 0.15) is 53.3 Å². The summed E-state index contributed by atoms with van der Waals surface area (Å²) in [6.07, 6.45) is 5.27. The van der Waals surface area contributed by atoms with E-state index in [9.17, 15) is 9.59 Å². The first-order valence-electron chi connectivity index (χ1n) is 9.60. The zero-order chi connectivity index (χ0) is 19.2. The molecule has 142 valence electrons. The second kappa shape index (κ2) is 8.85. The van der Waals surface area contributed by atoms with Gasteiger partial charge >= 0.3 is 11.9 Å². The van der Waals surface area contributed by atoms with Crippen molar-refractivity contribution >= 4 is 11.9 Å². The van der Waals surface area contributed by atoms with Gasteiger partial charge in [-0.3, -0.25) is 0 Å². The molecule has 0 amide bonds. The molecule has 2 aromatic rings. The Labute approximate surface area is 160 Å². The Morgan fingerprint density at radius 3 is 1.74 bits per heavy atom. The minimum absolute atomic E-state index is 0.144. The molecule has 2 aromatic carbocycles. The van der Waals surface area contributed by atoms with E-state index in [0.29, 0.717) is 23.0 Å². The number of carbonyl (C=O) groups is 2. The fourth-order valence-corrected chi connectivity index (χ4v) is 4.25. The van der Waals surface area contributed by atoms with Gasteiger partial charge in [0.25, 0.3) is 0 Å². The SMILES string of the molecule is CC1C2CCC(CC2)C1OC(=O)c1ccccc1.O=C(O)c1ccccc1. The number of esters is 1. The topological polar surface area (TPSA) is 63.6 Å². The van der Waals surface area contributed by atoms with Gasteiger partial charge in [0.05, 0.1) is 11.1 Å². The monoisotopic (exact) mass is 366 g/mol. The molecule has 1 N–H and O–H groups in total. The van der Waals surface area contributed by atoms with Crippen LogP contribution >= 0.6 is 0 Å². The molecule has 0 spiro atoms. The molecule has 27 heavy (non-hydrogen) atoms. The van der Waals surface area contributed by atoms with Crippen LogP contribution in [0.3, 0.4) is 0 Å². The van der Waals surface area contributed by atoms with E-state index in [4.69, 9.17) is 9.84 Å². The van der Waals surface area contributed by atoms with Crippen molar-refractivity contribution in [3.63, 3.8) is 0 Å². The van der Waals surface area contributed by atoms with Crippen molar-refractivity contribution in [1.29, 1.82) is 0 Å². The highest BCUT2D eigenvalue weighted by molar-refractivity contribution is 5.89. The molecule has 0 aliphatic heterocycles. The minimum atomic E-state index is -0.879. The Morgan fingerprint density at radius 1 is 0.815 bits per heavy atom. The van der Waals surface area contributed by atoms with Gasteiger partial charge in [0.2, 0.25) is 0 Å². The molecule has 2 atom stereocenters. The fraction of sp³-hybridized carbons (Fsp3) is 0.391. The summed E-state index contributed by atoms with van der Waals surface area (Å²) in [7, 11) is 0. The number of benzene rings is 2. The van der Waals surface area contributed by atoms with Crippen LogP contribution in [-0.4, -0.2) is 23.1 Å². The predicted octanol–water partition coefficient (Wildman–Crippen LogP) is 5.05. The van der Waals surface area contributed by atoms with Gasteiger partial charge < -0.3 is 9.84 Å². The van der Waals surface area contributed by atoms with Gasteiger partial charge in [0.1, 0.15) is 6.10 Å². The summed E-state index contributed by atoms with van der Waals surface area (Å²) in [4.78, 5) is 22.3. The van der Waals surface area contributed by atoms with Gasteiger partial charge in [-0.1, -0.05) is 43.3 Å². The van der Waals surface area contributed by atoms with Crippen molar-refractivity contribution in [3.05, 3.63) is 71.8 Å². The highest BCUT2D eigenvalue weighted by atomic mass is 16.5. The molecule has 2 unspecified atom stereocenters. The Hall–Kier alpha value is -2.62. The highest BCUT2D eigenvalue weighted by Gasteiger charge is 2.43. The summed E-state index contributed by atoms with van der Waals surface area (Å²) in [6.45, 7) is 2.25. The van der Waals surface area contributed by atoms with Crippen LogP contribution in [0, 0.1) is 17.8 Å². The Morgan fingerprint density at radius 2 is 1.30 bits per heavy atom. The van der Waals surface area contributed by atoms with Crippen LogP contribution in [0.4, 0.5) is 0 Å². The summed E-state index contributed by atoms with van der Waals surface area (Å²) in [5.74, 6) is 0.863. The van der Waals surface area contributed by atoms with Crippen LogP contribution in [0.25, 0.3) is 0 Å². The van der Waals surface area contributed by atoms with Crippen LogP contribution in [0.5, 0.6) is 0 Å². The first-order chi connectivity index (χ1) is 13.1. The summed E-state index contributed by atoms with van der Waals surface area (Å²) < 4.78 is 5.78. The lowest BCUT2D eigenvalue weighted by atomic mass is 9.63. The van der Waals surface area contributed by atoms with E-state index in [1.165, 1.54) is 25.7 Å². The summed E-state index contributed by atoms with van der Waals surface area (Å²) in [6, 6.07) is 17.6. The summed E-state index contributed by atoms with van der Waals surface area (Å²) >= 11 is 0. The average Bonchev–Trinajstić information content (AvgIpc) is 2.72. The quantitative estimate of drug-likeness (QED) is 0.772. The molecule has 3 saturated carbocycles. The van der Waals surface area contributed by atoms with E-state index in [1.807, 2.05) is 30.3 Å². The van der Waals surface area contributed by atoms with Crippen molar-refractivity contribution < 1.29 is 19.4 Å². The normalized spacial score (nSPS) is 25.8. The van der Waals surface area contributed by atoms with Gasteiger partial charge in [-0.2, -0.15) is 0 Å². The largest absolute Gasteiger partial charge is 0.478 e. The molecule has 4 nitrogen and oxygen atoms in total. The fourth-order valence-electron chi connectivity index (χ4n) is 4.25. The smallest absolute Gasteiger partial charge is 0.338 e. The predicted molar refractivity (Wildman–Crippen MR) is 104 cm³/mol. The minimum Gasteiger partial charge on any atom is -0.478 e. The zero-order valence-corrected chi connectivity index (χ0v) is 15.6. The van der Waals surface area contributed by atoms with Crippen LogP contribution in [0.15, 0.2) is 60.7 Å². The number of hydrogen-bond donors (Lipinski definition) is 1. The third-order valence-electron chi connectivity index (χ3n) is 5.82. The number of carbonyl (C=O) groups excluding carboxylic acids is 1. The maximum Gasteiger partial charge on any atom is 0.338 e. The number of fused-ring (bicyclic) bond motifs is 3. The number of rotatable bonds is 3. The van der Waals surface area contributed by atoms with Crippen LogP contribution in [-0.2, 0) is 4.74 Å². The second-order valence-corrected chi connectivity index (χ2v) is 7.44. The molecule has 3 aliphatic rings. The molecule has 0 heterocycles. The number of carboxylic acids is 1. The van der Waals surface area contributed by atoms with Crippen molar-refractivity contribution in [2.75, 3.05) is 0 Å². The van der Waals surface area contributed by atoms with Gasteiger partial charge in [-0.05, 0) is 67.7 Å². The standard InChI is InChI=1S/C16H20O2.C7H6O2/c1-11-12-7-9-13(10-8-12)15(11)18-16(17)14-5-3-2-4-6-14;8-7(9)6-4-2-1-3-5-6/h2-6,11-13,15H,7-10H2,1H3;1-5H,(H,8,9). The molecule has 0 radical (unpaired) electrons. The maximum absolute atomic E-state index is 12.1. The van der Waals surface area contributed by atoms with Crippen LogP contribution < -0.4 is 0 Å². The average molecular weight is 366 g/mol. The Bertz CT molecular complexity index is 746. The number of ether oxygens (including phenoxy) is 1. The molecule has 0 saturated heterocycles. The lowest BCUT2D eigenvalue weighted by Gasteiger charge is -2.46. The molecule has 3 aliphatic carbocycles. The second-order valence-electron chi connectivity index (χ2n) is 7.44. The van der Waals surface area contributed by atoms with E-state index in [1.54, 1.807) is 30.3 Å². The Balaban J connectivity index is 0.000000197. The van der Waals surface area contributed by atoms with E-state index in [-0.39, 0.29) is 12.1 Å². The maximum atomic E-state index is 12.1. The van der Waals surface area contributed by atoms with Crippen LogP contribution in [0.2, 0.25) is 0 Å². The third kappa shape index (κ3) is 4.76. The van der Waals surface area contributed by atoms with E-state index in [2.05, 4.69) is 6.92 Å². The molecule has 3 fully saturated rings. The first-order valence-corrected chi connectivity index (χ1v) is 9.60. The molecule has 4 heteroatoms. The summed E-state index contributed by atoms with van der Waals surface area (Å²) in [5.41, 5.74) is 1.00. The van der Waals surface area contributed by atoms with Crippen molar-refractivity contribution in [2.24, 2.45) is 17.8 Å². The molecule has 0 aromatic heterocycles. The molecular formula is C23H26O4. The van der Waals surface area contributed by atoms with Gasteiger partial charge in [-0.25, -0.2) is 9.59 Å². The first kappa shape index (κ1) is 19.2. The molecule has 5 rings (SSSR count). The van der Waals surface area contributed by atoms with Gasteiger partial charge in [0.15, 0.2) is 0 Å². The molecule has 2 bridgehead atoms. The van der Waals surface area contributed by atoms with Crippen molar-refractivity contribution in [1.82, 2.24) is 0 Å². The zero-order valence-electron chi connectivity index (χ0n) is 15.6. The summed E-state index contributed by atoms with van der Waals surface area (Å²) in [5, 5.41) is 8.38.